The molecule has 2 N–H and O–H groups in total. The highest BCUT2D eigenvalue weighted by Gasteiger charge is 2.31. The molecule has 1 aliphatic heterocycles. The van der Waals surface area contributed by atoms with Gasteiger partial charge >= 0.3 is 5.97 Å². The maximum Gasteiger partial charge on any atom is 0.320 e. The van der Waals surface area contributed by atoms with E-state index in [-0.39, 0.29) is 35.7 Å². The molecule has 0 bridgehead atoms. The number of rotatable bonds is 6. The summed E-state index contributed by atoms with van der Waals surface area (Å²) in [5.74, 6) is -1.52. The molecule has 1 saturated heterocycles. The Morgan fingerprint density at radius 2 is 2.04 bits per heavy atom. The summed E-state index contributed by atoms with van der Waals surface area (Å²) in [5.41, 5.74) is 0.779. The van der Waals surface area contributed by atoms with E-state index in [4.69, 9.17) is 0 Å². The van der Waals surface area contributed by atoms with Crippen LogP contribution >= 0.6 is 23.7 Å². The number of carboxylic acids is 1. The van der Waals surface area contributed by atoms with Crippen LogP contribution in [0.3, 0.4) is 0 Å². The van der Waals surface area contributed by atoms with Crippen LogP contribution in [-0.4, -0.2) is 44.7 Å². The molecule has 2 heterocycles. The number of aromatic nitrogens is 2. The molecule has 7 nitrogen and oxygen atoms in total. The van der Waals surface area contributed by atoms with E-state index < -0.39 is 12.0 Å². The molecule has 1 aromatic heterocycles. The van der Waals surface area contributed by atoms with Gasteiger partial charge in [0.25, 0.3) is 5.91 Å². The van der Waals surface area contributed by atoms with Crippen molar-refractivity contribution in [2.45, 2.75) is 32.0 Å². The van der Waals surface area contributed by atoms with E-state index in [1.807, 2.05) is 4.90 Å². The highest BCUT2D eigenvalue weighted by Crippen LogP contribution is 2.21. The van der Waals surface area contributed by atoms with Crippen molar-refractivity contribution in [3.63, 3.8) is 0 Å². The molecule has 1 atom stereocenters. The van der Waals surface area contributed by atoms with Crippen molar-refractivity contribution in [3.8, 4) is 0 Å². The van der Waals surface area contributed by atoms with E-state index >= 15 is 0 Å². The lowest BCUT2D eigenvalue weighted by atomic mass is 10.2. The van der Waals surface area contributed by atoms with E-state index in [1.165, 1.54) is 12.1 Å². The van der Waals surface area contributed by atoms with Crippen molar-refractivity contribution in [1.82, 2.24) is 20.4 Å². The molecule has 1 unspecified atom stereocenters. The average Bonchev–Trinajstić information content (AvgIpc) is 3.24. The zero-order valence-corrected chi connectivity index (χ0v) is 15.4. The minimum Gasteiger partial charge on any atom is -0.480 e. The molecule has 0 radical (unpaired) electrons. The van der Waals surface area contributed by atoms with Crippen molar-refractivity contribution in [2.24, 2.45) is 0 Å². The molecule has 1 aliphatic rings. The topological polar surface area (TPSA) is 95.4 Å². The summed E-state index contributed by atoms with van der Waals surface area (Å²) in [7, 11) is 0. The second kappa shape index (κ2) is 9.02. The van der Waals surface area contributed by atoms with Gasteiger partial charge in [-0.1, -0.05) is 23.5 Å². The van der Waals surface area contributed by atoms with E-state index in [0.717, 1.165) is 23.3 Å². The monoisotopic (exact) mass is 400 g/mol. The van der Waals surface area contributed by atoms with E-state index in [2.05, 4.69) is 15.5 Å². The fourth-order valence-corrected chi connectivity index (χ4v) is 3.52. The molecule has 0 aliphatic carbocycles. The average molecular weight is 401 g/mol. The summed E-state index contributed by atoms with van der Waals surface area (Å²) in [6.45, 7) is 1.34. The Balaban J connectivity index is 0.00000243. The lowest BCUT2D eigenvalue weighted by Crippen LogP contribution is -2.35. The minimum atomic E-state index is -0.834. The highest BCUT2D eigenvalue weighted by atomic mass is 35.5. The van der Waals surface area contributed by atoms with Crippen molar-refractivity contribution in [1.29, 1.82) is 0 Å². The van der Waals surface area contributed by atoms with E-state index in [0.29, 0.717) is 24.5 Å². The Labute approximate surface area is 159 Å². The Morgan fingerprint density at radius 1 is 1.31 bits per heavy atom. The number of carboxylic acid groups (broad SMARTS) is 1. The van der Waals surface area contributed by atoms with Gasteiger partial charge < -0.3 is 10.4 Å². The van der Waals surface area contributed by atoms with E-state index in [1.54, 1.807) is 12.1 Å². The molecule has 10 heteroatoms. The number of hydrogen-bond donors (Lipinski definition) is 2. The number of halogens is 2. The second-order valence-electron chi connectivity index (χ2n) is 5.78. The van der Waals surface area contributed by atoms with Gasteiger partial charge in [-0.2, -0.15) is 0 Å². The van der Waals surface area contributed by atoms with Crippen LogP contribution in [0.2, 0.25) is 0 Å². The third-order valence-electron chi connectivity index (χ3n) is 4.01. The summed E-state index contributed by atoms with van der Waals surface area (Å²) >= 11 is 1.15. The number of nitrogens with one attached hydrogen (secondary N) is 1. The molecular formula is C16H18ClFN4O3S. The van der Waals surface area contributed by atoms with Gasteiger partial charge in [-0.3, -0.25) is 14.5 Å². The lowest BCUT2D eigenvalue weighted by Gasteiger charge is -2.18. The first-order valence-corrected chi connectivity index (χ1v) is 8.66. The number of amides is 1. The van der Waals surface area contributed by atoms with Crippen LogP contribution in [0.1, 0.15) is 33.2 Å². The quantitative estimate of drug-likeness (QED) is 0.770. The van der Waals surface area contributed by atoms with Crippen molar-refractivity contribution < 1.29 is 19.1 Å². The summed E-state index contributed by atoms with van der Waals surface area (Å²) in [6, 6.07) is 5.36. The van der Waals surface area contributed by atoms with Crippen molar-refractivity contribution in [2.75, 3.05) is 6.54 Å². The number of nitrogens with zero attached hydrogens (tertiary/aromatic N) is 3. The zero-order valence-electron chi connectivity index (χ0n) is 13.7. The van der Waals surface area contributed by atoms with Gasteiger partial charge in [0.15, 0.2) is 0 Å². The Kier molecular flexibility index (Phi) is 7.01. The molecule has 1 amide bonds. The fraction of sp³-hybridized carbons (Fsp3) is 0.375. The molecule has 3 rings (SSSR count). The molecule has 1 aromatic carbocycles. The summed E-state index contributed by atoms with van der Waals surface area (Å²) in [6.07, 6.45) is 1.46. The van der Waals surface area contributed by atoms with Crippen LogP contribution in [0, 0.1) is 5.82 Å². The molecule has 0 saturated carbocycles. The molecule has 140 valence electrons. The number of carbonyl (C=O) groups is 2. The Bertz CT molecular complexity index is 771. The van der Waals surface area contributed by atoms with Crippen LogP contribution in [0.15, 0.2) is 24.3 Å². The van der Waals surface area contributed by atoms with Gasteiger partial charge in [0.05, 0.1) is 6.54 Å². The zero-order chi connectivity index (χ0) is 17.8. The van der Waals surface area contributed by atoms with Crippen LogP contribution in [0.25, 0.3) is 0 Å². The standard InChI is InChI=1S/C16H17FN4O3S.ClH/c17-11-5-3-10(4-6-11)8-18-14(22)15-20-19-13(25-15)9-21-7-1-2-12(21)16(23)24;/h3-6,12H,1-2,7-9H2,(H,18,22)(H,23,24);1H. The van der Waals surface area contributed by atoms with Crippen LogP contribution in [0.4, 0.5) is 4.39 Å². The molecule has 0 spiro atoms. The van der Waals surface area contributed by atoms with Gasteiger partial charge in [0.1, 0.15) is 16.9 Å². The molecule has 1 fully saturated rings. The minimum absolute atomic E-state index is 0. The number of carbonyl (C=O) groups excluding carboxylic acids is 1. The Hall–Kier alpha value is -2.10. The van der Waals surface area contributed by atoms with Crippen molar-refractivity contribution in [3.05, 3.63) is 45.7 Å². The summed E-state index contributed by atoms with van der Waals surface area (Å²) in [5, 5.41) is 20.6. The van der Waals surface area contributed by atoms with E-state index in [9.17, 15) is 19.1 Å². The smallest absolute Gasteiger partial charge is 0.320 e. The first kappa shape index (κ1) is 20.2. The first-order valence-electron chi connectivity index (χ1n) is 7.85. The van der Waals surface area contributed by atoms with Gasteiger partial charge in [-0.05, 0) is 37.1 Å². The van der Waals surface area contributed by atoms with Gasteiger partial charge in [-0.25, -0.2) is 4.39 Å². The van der Waals surface area contributed by atoms with Crippen LogP contribution in [-0.2, 0) is 17.9 Å². The summed E-state index contributed by atoms with van der Waals surface area (Å²) in [4.78, 5) is 25.2. The van der Waals surface area contributed by atoms with Crippen LogP contribution in [0.5, 0.6) is 0 Å². The molecule has 26 heavy (non-hydrogen) atoms. The third kappa shape index (κ3) is 4.96. The number of benzene rings is 1. The number of aliphatic carboxylic acids is 1. The number of likely N-dealkylation sites (tertiary alicyclic amines) is 1. The third-order valence-corrected chi connectivity index (χ3v) is 4.92. The SMILES string of the molecule is Cl.O=C(NCc1ccc(F)cc1)c1nnc(CN2CCCC2C(=O)O)s1. The maximum atomic E-state index is 12.9. The van der Waals surface area contributed by atoms with Gasteiger partial charge in [0, 0.05) is 6.54 Å². The van der Waals surface area contributed by atoms with Gasteiger partial charge in [-0.15, -0.1) is 22.6 Å². The fourth-order valence-electron chi connectivity index (χ4n) is 2.74. The highest BCUT2D eigenvalue weighted by molar-refractivity contribution is 7.13. The van der Waals surface area contributed by atoms with Gasteiger partial charge in [0.2, 0.25) is 5.01 Å². The summed E-state index contributed by atoms with van der Waals surface area (Å²) < 4.78 is 12.9. The van der Waals surface area contributed by atoms with Crippen molar-refractivity contribution >= 4 is 35.6 Å². The second-order valence-corrected chi connectivity index (χ2v) is 6.84. The first-order chi connectivity index (χ1) is 12.0. The predicted molar refractivity (Wildman–Crippen MR) is 95.8 cm³/mol. The normalized spacial score (nSPS) is 16.9. The predicted octanol–water partition coefficient (Wildman–Crippen LogP) is 2.08. The number of hydrogen-bond acceptors (Lipinski definition) is 6. The largest absolute Gasteiger partial charge is 0.480 e. The molecule has 2 aromatic rings. The lowest BCUT2D eigenvalue weighted by molar-refractivity contribution is -0.142. The molecular weight excluding hydrogens is 383 g/mol. The maximum absolute atomic E-state index is 12.9. The Morgan fingerprint density at radius 3 is 2.73 bits per heavy atom. The van der Waals surface area contributed by atoms with Crippen LogP contribution < -0.4 is 5.32 Å².